The predicted octanol–water partition coefficient (Wildman–Crippen LogP) is 5.95. The molecule has 0 saturated heterocycles. The van der Waals surface area contributed by atoms with Gasteiger partial charge in [-0.1, -0.05) is 24.3 Å². The van der Waals surface area contributed by atoms with Crippen LogP contribution in [0.3, 0.4) is 0 Å². The first-order valence-electron chi connectivity index (χ1n) is 10.2. The maximum atomic E-state index is 13.9. The largest absolute Gasteiger partial charge is 0.493 e. The third kappa shape index (κ3) is 7.25. The average Bonchev–Trinajstić information content (AvgIpc) is 2.81. The summed E-state index contributed by atoms with van der Waals surface area (Å²) in [4.78, 5) is 0. The van der Waals surface area contributed by atoms with Crippen LogP contribution in [0.2, 0.25) is 0 Å². The smallest absolute Gasteiger partial charge is 0.175 e. The summed E-state index contributed by atoms with van der Waals surface area (Å²) in [6.07, 6.45) is 0.850. The molecule has 0 amide bonds. The maximum absolute atomic E-state index is 13.9. The van der Waals surface area contributed by atoms with Crippen molar-refractivity contribution >= 4 is 28.3 Å². The molecule has 3 rings (SSSR count). The first kappa shape index (κ1) is 26.8. The predicted molar refractivity (Wildman–Crippen MR) is 134 cm³/mol. The van der Waals surface area contributed by atoms with Crippen LogP contribution in [-0.2, 0) is 19.6 Å². The Labute approximate surface area is 208 Å². The second kappa shape index (κ2) is 13.3. The molecule has 0 spiro atoms. The molecule has 0 fully saturated rings. The van der Waals surface area contributed by atoms with Gasteiger partial charge in [0.05, 0.1) is 25.8 Å². The van der Waals surface area contributed by atoms with Crippen molar-refractivity contribution in [2.75, 3.05) is 27.9 Å². The zero-order valence-electron chi connectivity index (χ0n) is 18.8. The van der Waals surface area contributed by atoms with Crippen molar-refractivity contribution in [1.29, 1.82) is 0 Å². The van der Waals surface area contributed by atoms with Gasteiger partial charge in [0.1, 0.15) is 12.4 Å². The highest BCUT2D eigenvalue weighted by Crippen LogP contribution is 2.37. The Hall–Kier alpha value is -2.48. The maximum Gasteiger partial charge on any atom is 0.175 e. The summed E-state index contributed by atoms with van der Waals surface area (Å²) in [6, 6.07) is 16.4. The molecule has 0 atom stereocenters. The lowest BCUT2D eigenvalue weighted by Crippen LogP contribution is -2.17. The number of methoxy groups -OCH3 is 3. The number of rotatable bonds is 11. The summed E-state index contributed by atoms with van der Waals surface area (Å²) in [5.41, 5.74) is 2.69. The van der Waals surface area contributed by atoms with E-state index in [4.69, 9.17) is 18.9 Å². The summed E-state index contributed by atoms with van der Waals surface area (Å²) in [7, 11) is 4.85. The monoisotopic (exact) mass is 539 g/mol. The number of ether oxygens (including phenoxy) is 4. The van der Waals surface area contributed by atoms with Gasteiger partial charge in [0.2, 0.25) is 0 Å². The van der Waals surface area contributed by atoms with Crippen molar-refractivity contribution in [2.45, 2.75) is 19.6 Å². The molecule has 0 unspecified atom stereocenters. The summed E-state index contributed by atoms with van der Waals surface area (Å²) in [5, 5.41) is 3.44. The fourth-order valence-electron chi connectivity index (χ4n) is 3.28. The minimum Gasteiger partial charge on any atom is -0.493 e. The van der Waals surface area contributed by atoms with Gasteiger partial charge in [-0.05, 0) is 70.4 Å². The highest BCUT2D eigenvalue weighted by Gasteiger charge is 2.13. The second-order valence-corrected chi connectivity index (χ2v) is 7.96. The van der Waals surface area contributed by atoms with Crippen LogP contribution in [0.25, 0.3) is 0 Å². The standard InChI is InChI=1S/C25H27BrFNO4.ClH/c1-29-22-9-8-17(13-23(22)30-2)10-11-28-15-18-12-20(26)25(24(14-18)31-3)32-16-19-6-4-5-7-21(19)27;/h4-9,12-14,28H,10-11,15-16H2,1-3H3;1H. The second-order valence-electron chi connectivity index (χ2n) is 7.11. The van der Waals surface area contributed by atoms with Gasteiger partial charge in [0.25, 0.3) is 0 Å². The Morgan fingerprint density at radius 3 is 2.24 bits per heavy atom. The Bertz CT molecular complexity index is 1050. The van der Waals surface area contributed by atoms with Crippen LogP contribution in [0.4, 0.5) is 4.39 Å². The zero-order chi connectivity index (χ0) is 22.9. The van der Waals surface area contributed by atoms with E-state index in [-0.39, 0.29) is 24.8 Å². The number of benzene rings is 3. The lowest BCUT2D eigenvalue weighted by atomic mass is 10.1. The van der Waals surface area contributed by atoms with Crippen molar-refractivity contribution in [3.05, 3.63) is 81.6 Å². The molecule has 5 nitrogen and oxygen atoms in total. The highest BCUT2D eigenvalue weighted by atomic mass is 79.9. The van der Waals surface area contributed by atoms with Gasteiger partial charge >= 0.3 is 0 Å². The number of hydrogen-bond acceptors (Lipinski definition) is 5. The molecule has 1 N–H and O–H groups in total. The van der Waals surface area contributed by atoms with Gasteiger partial charge < -0.3 is 24.3 Å². The first-order chi connectivity index (χ1) is 15.5. The Morgan fingerprint density at radius 2 is 1.55 bits per heavy atom. The van der Waals surface area contributed by atoms with Crippen LogP contribution >= 0.6 is 28.3 Å². The lowest BCUT2D eigenvalue weighted by molar-refractivity contribution is 0.277. The summed E-state index contributed by atoms with van der Waals surface area (Å²) >= 11 is 3.55. The third-order valence-electron chi connectivity index (χ3n) is 4.99. The SMILES string of the molecule is COc1ccc(CCNCc2cc(Br)c(OCc3ccccc3F)c(OC)c2)cc1OC.Cl. The van der Waals surface area contributed by atoms with Gasteiger partial charge in [-0.2, -0.15) is 0 Å². The van der Waals surface area contributed by atoms with E-state index < -0.39 is 0 Å². The van der Waals surface area contributed by atoms with Crippen molar-refractivity contribution < 1.29 is 23.3 Å². The topological polar surface area (TPSA) is 49.0 Å². The van der Waals surface area contributed by atoms with Crippen molar-refractivity contribution in [3.8, 4) is 23.0 Å². The highest BCUT2D eigenvalue weighted by molar-refractivity contribution is 9.10. The quantitative estimate of drug-likeness (QED) is 0.305. The van der Waals surface area contributed by atoms with Gasteiger partial charge in [0.15, 0.2) is 23.0 Å². The molecule has 0 heterocycles. The fourth-order valence-corrected chi connectivity index (χ4v) is 3.89. The van der Waals surface area contributed by atoms with Gasteiger partial charge in [-0.3, -0.25) is 0 Å². The van der Waals surface area contributed by atoms with E-state index in [0.717, 1.165) is 40.1 Å². The molecule has 3 aromatic rings. The number of hydrogen-bond donors (Lipinski definition) is 1. The fraction of sp³-hybridized carbons (Fsp3) is 0.280. The number of nitrogens with one attached hydrogen (secondary N) is 1. The van der Waals surface area contributed by atoms with Crippen LogP contribution in [0.1, 0.15) is 16.7 Å². The molecule has 0 saturated carbocycles. The van der Waals surface area contributed by atoms with Crippen LogP contribution in [-0.4, -0.2) is 27.9 Å². The molecule has 8 heteroatoms. The minimum atomic E-state index is -0.294. The molecule has 0 aliphatic carbocycles. The zero-order valence-corrected chi connectivity index (χ0v) is 21.2. The van der Waals surface area contributed by atoms with Crippen molar-refractivity contribution in [1.82, 2.24) is 5.32 Å². The van der Waals surface area contributed by atoms with Gasteiger partial charge in [0, 0.05) is 12.1 Å². The van der Waals surface area contributed by atoms with E-state index >= 15 is 0 Å². The molecule has 0 aromatic heterocycles. The Morgan fingerprint density at radius 1 is 0.848 bits per heavy atom. The first-order valence-corrected chi connectivity index (χ1v) is 11.0. The normalized spacial score (nSPS) is 10.3. The van der Waals surface area contributed by atoms with Crippen LogP contribution in [0, 0.1) is 5.82 Å². The van der Waals surface area contributed by atoms with Crippen molar-refractivity contribution in [3.63, 3.8) is 0 Å². The minimum absolute atomic E-state index is 0. The average molecular weight is 541 g/mol. The Balaban J connectivity index is 0.00000385. The summed E-state index contributed by atoms with van der Waals surface area (Å²) in [5.74, 6) is 2.29. The van der Waals surface area contributed by atoms with Crippen LogP contribution in [0.5, 0.6) is 23.0 Å². The van der Waals surface area contributed by atoms with Crippen molar-refractivity contribution in [2.24, 2.45) is 0 Å². The molecular weight excluding hydrogens is 513 g/mol. The van der Waals surface area contributed by atoms with E-state index in [9.17, 15) is 4.39 Å². The van der Waals surface area contributed by atoms with E-state index in [1.807, 2.05) is 30.3 Å². The molecule has 0 bridgehead atoms. The lowest BCUT2D eigenvalue weighted by Gasteiger charge is -2.15. The summed E-state index contributed by atoms with van der Waals surface area (Å²) < 4.78 is 36.6. The Kier molecular flexibility index (Phi) is 10.8. The summed E-state index contributed by atoms with van der Waals surface area (Å²) in [6.45, 7) is 1.57. The molecule has 0 aliphatic rings. The molecule has 0 aliphatic heterocycles. The molecule has 33 heavy (non-hydrogen) atoms. The van der Waals surface area contributed by atoms with Gasteiger partial charge in [-0.25, -0.2) is 4.39 Å². The molecular formula is C25H28BrClFNO4. The van der Waals surface area contributed by atoms with E-state index in [0.29, 0.717) is 23.6 Å². The molecule has 178 valence electrons. The van der Waals surface area contributed by atoms with E-state index in [1.54, 1.807) is 39.5 Å². The third-order valence-corrected chi connectivity index (χ3v) is 5.58. The van der Waals surface area contributed by atoms with Gasteiger partial charge in [-0.15, -0.1) is 12.4 Å². The van der Waals surface area contributed by atoms with Crippen LogP contribution < -0.4 is 24.3 Å². The molecule has 0 radical (unpaired) electrons. The van der Waals surface area contributed by atoms with E-state index in [2.05, 4.69) is 21.2 Å². The van der Waals surface area contributed by atoms with E-state index in [1.165, 1.54) is 6.07 Å². The molecule has 3 aromatic carbocycles. The number of halogens is 3. The van der Waals surface area contributed by atoms with Crippen LogP contribution in [0.15, 0.2) is 59.1 Å².